The highest BCUT2D eigenvalue weighted by Gasteiger charge is 2.06. The lowest BCUT2D eigenvalue weighted by molar-refractivity contribution is 0.460. The van der Waals surface area contributed by atoms with Gasteiger partial charge in [-0.2, -0.15) is 0 Å². The Morgan fingerprint density at radius 1 is 1.33 bits per heavy atom. The summed E-state index contributed by atoms with van der Waals surface area (Å²) in [4.78, 5) is 0. The number of anilines is 2. The maximum Gasteiger partial charge on any atom is 0.320 e. The number of hydrogen-bond acceptors (Lipinski definition) is 5. The minimum Gasteiger partial charge on any atom is -0.406 e. The van der Waals surface area contributed by atoms with Gasteiger partial charge in [0.05, 0.1) is 6.54 Å². The van der Waals surface area contributed by atoms with Gasteiger partial charge in [-0.1, -0.05) is 36.6 Å². The molecule has 0 spiro atoms. The van der Waals surface area contributed by atoms with E-state index in [9.17, 15) is 0 Å². The highest BCUT2D eigenvalue weighted by Crippen LogP contribution is 2.19. The molecular weight excluding hydrogens is 252 g/mol. The fourth-order valence-corrected chi connectivity index (χ4v) is 1.55. The number of hydrogen-bond donors (Lipinski definition) is 2. The average molecular weight is 267 g/mol. The van der Waals surface area contributed by atoms with Gasteiger partial charge in [-0.25, -0.2) is 0 Å². The fourth-order valence-electron chi connectivity index (χ4n) is 1.36. The third-order valence-corrected chi connectivity index (χ3v) is 2.44. The van der Waals surface area contributed by atoms with Crippen molar-refractivity contribution in [2.75, 3.05) is 5.32 Å². The molecule has 0 unspecified atom stereocenters. The third-order valence-electron chi connectivity index (χ3n) is 2.20. The van der Waals surface area contributed by atoms with Crippen LogP contribution in [0.15, 0.2) is 28.7 Å². The standard InChI is InChI=1S/C12H15ClN4O/c1-8(2)14-7-11-16-17-12(18-11)15-10-5-3-4-9(13)6-10/h3-6,8,14H,7H2,1-2H3,(H,15,17). The van der Waals surface area contributed by atoms with Crippen LogP contribution in [0.25, 0.3) is 0 Å². The Morgan fingerprint density at radius 3 is 2.89 bits per heavy atom. The topological polar surface area (TPSA) is 63.0 Å². The first kappa shape index (κ1) is 12.9. The molecule has 0 aliphatic heterocycles. The van der Waals surface area contributed by atoms with Crippen molar-refractivity contribution < 1.29 is 4.42 Å². The molecule has 0 saturated carbocycles. The van der Waals surface area contributed by atoms with Crippen molar-refractivity contribution in [1.29, 1.82) is 0 Å². The second kappa shape index (κ2) is 5.84. The lowest BCUT2D eigenvalue weighted by Crippen LogP contribution is -2.21. The largest absolute Gasteiger partial charge is 0.406 e. The number of halogens is 1. The van der Waals surface area contributed by atoms with E-state index in [0.29, 0.717) is 29.5 Å². The van der Waals surface area contributed by atoms with Crippen molar-refractivity contribution >= 4 is 23.3 Å². The third kappa shape index (κ3) is 3.72. The number of rotatable bonds is 5. The summed E-state index contributed by atoms with van der Waals surface area (Å²) in [5.74, 6) is 0.549. The van der Waals surface area contributed by atoms with Crippen molar-refractivity contribution in [2.24, 2.45) is 0 Å². The van der Waals surface area contributed by atoms with Crippen LogP contribution in [0.2, 0.25) is 5.02 Å². The van der Waals surface area contributed by atoms with Crippen LogP contribution in [-0.2, 0) is 6.54 Å². The summed E-state index contributed by atoms with van der Waals surface area (Å²) in [6, 6.07) is 8.06. The van der Waals surface area contributed by atoms with Gasteiger partial charge in [0.25, 0.3) is 0 Å². The summed E-state index contributed by atoms with van der Waals surface area (Å²) < 4.78 is 5.44. The first-order valence-corrected chi connectivity index (χ1v) is 6.09. The van der Waals surface area contributed by atoms with E-state index in [0.717, 1.165) is 5.69 Å². The monoisotopic (exact) mass is 266 g/mol. The summed E-state index contributed by atoms with van der Waals surface area (Å²) in [5.41, 5.74) is 0.814. The maximum atomic E-state index is 5.88. The van der Waals surface area contributed by atoms with Crippen molar-refractivity contribution in [3.05, 3.63) is 35.2 Å². The van der Waals surface area contributed by atoms with Gasteiger partial charge >= 0.3 is 6.01 Å². The molecule has 96 valence electrons. The van der Waals surface area contributed by atoms with E-state index < -0.39 is 0 Å². The summed E-state index contributed by atoms with van der Waals surface area (Å²) in [6.45, 7) is 4.67. The molecule has 0 bridgehead atoms. The minimum absolute atomic E-state index is 0.359. The zero-order chi connectivity index (χ0) is 13.0. The summed E-state index contributed by atoms with van der Waals surface area (Å²) >= 11 is 5.88. The van der Waals surface area contributed by atoms with Gasteiger partial charge < -0.3 is 15.1 Å². The molecule has 0 fully saturated rings. The van der Waals surface area contributed by atoms with E-state index in [-0.39, 0.29) is 0 Å². The molecule has 0 radical (unpaired) electrons. The lowest BCUT2D eigenvalue weighted by Gasteiger charge is -2.03. The van der Waals surface area contributed by atoms with Gasteiger partial charge in [0.2, 0.25) is 5.89 Å². The molecule has 6 heteroatoms. The second-order valence-electron chi connectivity index (χ2n) is 4.17. The van der Waals surface area contributed by atoms with Gasteiger partial charge in [-0.3, -0.25) is 0 Å². The molecule has 0 atom stereocenters. The molecule has 2 aromatic rings. The van der Waals surface area contributed by atoms with Crippen LogP contribution in [0.1, 0.15) is 19.7 Å². The molecule has 2 rings (SSSR count). The predicted octanol–water partition coefficient (Wildman–Crippen LogP) is 2.96. The highest BCUT2D eigenvalue weighted by molar-refractivity contribution is 6.30. The molecule has 18 heavy (non-hydrogen) atoms. The van der Waals surface area contributed by atoms with E-state index in [4.69, 9.17) is 16.0 Å². The minimum atomic E-state index is 0.359. The van der Waals surface area contributed by atoms with Gasteiger partial charge in [-0.15, -0.1) is 5.10 Å². The summed E-state index contributed by atoms with van der Waals surface area (Å²) in [6.07, 6.45) is 0. The Morgan fingerprint density at radius 2 is 2.17 bits per heavy atom. The van der Waals surface area contributed by atoms with Crippen LogP contribution in [0, 0.1) is 0 Å². The first-order valence-electron chi connectivity index (χ1n) is 5.72. The number of benzene rings is 1. The SMILES string of the molecule is CC(C)NCc1nnc(Nc2cccc(Cl)c2)o1. The molecule has 5 nitrogen and oxygen atoms in total. The molecular formula is C12H15ClN4O. The van der Waals surface area contributed by atoms with Crippen LogP contribution in [0.4, 0.5) is 11.7 Å². The molecule has 1 aromatic heterocycles. The number of nitrogens with one attached hydrogen (secondary N) is 2. The maximum absolute atomic E-state index is 5.88. The molecule has 0 aliphatic rings. The second-order valence-corrected chi connectivity index (χ2v) is 4.61. The molecule has 0 saturated heterocycles. The van der Waals surface area contributed by atoms with Crippen LogP contribution >= 0.6 is 11.6 Å². The van der Waals surface area contributed by atoms with Crippen LogP contribution < -0.4 is 10.6 Å². The van der Waals surface area contributed by atoms with Crippen molar-refractivity contribution in [1.82, 2.24) is 15.5 Å². The molecule has 1 aromatic carbocycles. The Hall–Kier alpha value is -1.59. The smallest absolute Gasteiger partial charge is 0.320 e. The van der Waals surface area contributed by atoms with Crippen molar-refractivity contribution in [2.45, 2.75) is 26.4 Å². The van der Waals surface area contributed by atoms with Crippen molar-refractivity contribution in [3.8, 4) is 0 Å². The predicted molar refractivity (Wildman–Crippen MR) is 71.0 cm³/mol. The lowest BCUT2D eigenvalue weighted by atomic mass is 10.3. The summed E-state index contributed by atoms with van der Waals surface area (Å²) in [7, 11) is 0. The zero-order valence-corrected chi connectivity index (χ0v) is 11.0. The molecule has 1 heterocycles. The van der Waals surface area contributed by atoms with Gasteiger partial charge in [0.1, 0.15) is 0 Å². The quantitative estimate of drug-likeness (QED) is 0.871. The highest BCUT2D eigenvalue weighted by atomic mass is 35.5. The Labute approximate surface area is 111 Å². The van der Waals surface area contributed by atoms with Crippen LogP contribution in [0.3, 0.4) is 0 Å². The number of aromatic nitrogens is 2. The van der Waals surface area contributed by atoms with Crippen LogP contribution in [0.5, 0.6) is 0 Å². The molecule has 0 aliphatic carbocycles. The van der Waals surface area contributed by atoms with Gasteiger partial charge in [-0.05, 0) is 18.2 Å². The molecule has 0 amide bonds. The van der Waals surface area contributed by atoms with Crippen molar-refractivity contribution in [3.63, 3.8) is 0 Å². The van der Waals surface area contributed by atoms with E-state index >= 15 is 0 Å². The zero-order valence-electron chi connectivity index (χ0n) is 10.3. The van der Waals surface area contributed by atoms with Crippen LogP contribution in [-0.4, -0.2) is 16.2 Å². The van der Waals surface area contributed by atoms with E-state index in [1.54, 1.807) is 12.1 Å². The molecule has 2 N–H and O–H groups in total. The van der Waals surface area contributed by atoms with Gasteiger partial charge in [0.15, 0.2) is 0 Å². The normalized spacial score (nSPS) is 10.9. The summed E-state index contributed by atoms with van der Waals surface area (Å²) in [5, 5.41) is 14.7. The van der Waals surface area contributed by atoms with E-state index in [2.05, 4.69) is 34.7 Å². The van der Waals surface area contributed by atoms with E-state index in [1.807, 2.05) is 12.1 Å². The van der Waals surface area contributed by atoms with Gasteiger partial charge in [0, 0.05) is 16.8 Å². The Bertz CT molecular complexity index is 512. The Balaban J connectivity index is 1.98. The fraction of sp³-hybridized carbons (Fsp3) is 0.333. The first-order chi connectivity index (χ1) is 8.63. The Kier molecular flexibility index (Phi) is 4.17. The number of nitrogens with zero attached hydrogens (tertiary/aromatic N) is 2. The van der Waals surface area contributed by atoms with E-state index in [1.165, 1.54) is 0 Å². The average Bonchev–Trinajstić information content (AvgIpc) is 2.74.